The van der Waals surface area contributed by atoms with Gasteiger partial charge in [-0.15, -0.1) is 0 Å². The highest BCUT2D eigenvalue weighted by atomic mass is 35.5. The third-order valence-electron chi connectivity index (χ3n) is 4.14. The Bertz CT molecular complexity index is 718. The Balaban J connectivity index is 1.67. The molecule has 1 aliphatic heterocycles. The van der Waals surface area contributed by atoms with Gasteiger partial charge in [0, 0.05) is 20.1 Å². The Hall–Kier alpha value is -1.85. The molecule has 1 saturated heterocycles. The van der Waals surface area contributed by atoms with E-state index in [4.69, 9.17) is 16.3 Å². The SMILES string of the molecule is Cn1ncc(N2CCO[C@H](CCc3ccccc3)C2)c(Cl)c1=O. The lowest BCUT2D eigenvalue weighted by molar-refractivity contribution is 0.0354. The second-order valence-corrected chi connectivity index (χ2v) is 6.11. The van der Waals surface area contributed by atoms with Crippen LogP contribution < -0.4 is 10.5 Å². The molecule has 0 saturated carbocycles. The molecule has 23 heavy (non-hydrogen) atoms. The van der Waals surface area contributed by atoms with Crippen LogP contribution in [0.15, 0.2) is 41.3 Å². The highest BCUT2D eigenvalue weighted by Crippen LogP contribution is 2.24. The number of rotatable bonds is 4. The van der Waals surface area contributed by atoms with Crippen LogP contribution in [0.2, 0.25) is 5.02 Å². The summed E-state index contributed by atoms with van der Waals surface area (Å²) in [4.78, 5) is 14.0. The van der Waals surface area contributed by atoms with Crippen molar-refractivity contribution in [3.8, 4) is 0 Å². The van der Waals surface area contributed by atoms with E-state index in [0.717, 1.165) is 25.9 Å². The van der Waals surface area contributed by atoms with Crippen molar-refractivity contribution >= 4 is 17.3 Å². The molecule has 0 unspecified atom stereocenters. The summed E-state index contributed by atoms with van der Waals surface area (Å²) in [6, 6.07) is 10.4. The molecule has 0 amide bonds. The van der Waals surface area contributed by atoms with Gasteiger partial charge in [0.05, 0.1) is 24.6 Å². The zero-order valence-corrected chi connectivity index (χ0v) is 13.9. The standard InChI is InChI=1S/C17H20ClN3O2/c1-20-17(22)16(18)15(11-19-20)21-9-10-23-14(12-21)8-7-13-5-3-2-4-6-13/h2-6,11,14H,7-10,12H2,1H3/t14-/m1/s1. The van der Waals surface area contributed by atoms with Crippen LogP contribution in [0.1, 0.15) is 12.0 Å². The lowest BCUT2D eigenvalue weighted by Gasteiger charge is -2.34. The van der Waals surface area contributed by atoms with Gasteiger partial charge in [-0.05, 0) is 18.4 Å². The van der Waals surface area contributed by atoms with Gasteiger partial charge in [-0.3, -0.25) is 4.79 Å². The minimum Gasteiger partial charge on any atom is -0.375 e. The van der Waals surface area contributed by atoms with Crippen LogP contribution >= 0.6 is 11.6 Å². The molecular weight excluding hydrogens is 314 g/mol. The number of aryl methyl sites for hydroxylation is 2. The first-order valence-electron chi connectivity index (χ1n) is 7.77. The number of hydrogen-bond acceptors (Lipinski definition) is 4. The fraction of sp³-hybridized carbons (Fsp3) is 0.412. The number of morpholine rings is 1. The lowest BCUT2D eigenvalue weighted by atomic mass is 10.1. The van der Waals surface area contributed by atoms with Gasteiger partial charge in [0.25, 0.3) is 5.56 Å². The monoisotopic (exact) mass is 333 g/mol. The molecule has 6 heteroatoms. The van der Waals surface area contributed by atoms with Crippen molar-refractivity contribution in [3.05, 3.63) is 57.5 Å². The predicted molar refractivity (Wildman–Crippen MR) is 91.2 cm³/mol. The molecule has 2 aromatic rings. The molecule has 1 aromatic carbocycles. The quantitative estimate of drug-likeness (QED) is 0.861. The normalized spacial score (nSPS) is 18.2. The fourth-order valence-corrected chi connectivity index (χ4v) is 3.10. The van der Waals surface area contributed by atoms with Crippen LogP contribution in [-0.4, -0.2) is 35.6 Å². The average molecular weight is 334 g/mol. The highest BCUT2D eigenvalue weighted by molar-refractivity contribution is 6.33. The minimum absolute atomic E-state index is 0.129. The third kappa shape index (κ3) is 3.74. The summed E-state index contributed by atoms with van der Waals surface area (Å²) in [7, 11) is 1.60. The molecule has 0 aliphatic carbocycles. The average Bonchev–Trinajstić information content (AvgIpc) is 2.59. The smallest absolute Gasteiger partial charge is 0.287 e. The molecule has 2 heterocycles. The summed E-state index contributed by atoms with van der Waals surface area (Å²) in [5.41, 5.74) is 1.74. The summed E-state index contributed by atoms with van der Waals surface area (Å²) in [5.74, 6) is 0. The van der Waals surface area contributed by atoms with E-state index in [1.54, 1.807) is 13.2 Å². The first kappa shape index (κ1) is 16.0. The maximum atomic E-state index is 11.9. The van der Waals surface area contributed by atoms with Crippen molar-refractivity contribution in [1.82, 2.24) is 9.78 Å². The minimum atomic E-state index is -0.267. The maximum absolute atomic E-state index is 11.9. The number of anilines is 1. The van der Waals surface area contributed by atoms with Crippen LogP contribution in [0, 0.1) is 0 Å². The molecule has 0 N–H and O–H groups in total. The molecule has 1 aliphatic rings. The molecule has 0 spiro atoms. The van der Waals surface area contributed by atoms with E-state index < -0.39 is 0 Å². The van der Waals surface area contributed by atoms with Gasteiger partial charge in [0.2, 0.25) is 0 Å². The molecule has 3 rings (SSSR count). The van der Waals surface area contributed by atoms with E-state index >= 15 is 0 Å². The van der Waals surface area contributed by atoms with Crippen molar-refractivity contribution in [2.45, 2.75) is 18.9 Å². The fourth-order valence-electron chi connectivity index (χ4n) is 2.81. The lowest BCUT2D eigenvalue weighted by Crippen LogP contribution is -2.43. The van der Waals surface area contributed by atoms with E-state index in [1.807, 2.05) is 6.07 Å². The van der Waals surface area contributed by atoms with E-state index in [1.165, 1.54) is 10.2 Å². The van der Waals surface area contributed by atoms with Gasteiger partial charge in [0.15, 0.2) is 0 Å². The topological polar surface area (TPSA) is 47.4 Å². The number of aromatic nitrogens is 2. The Morgan fingerprint density at radius 2 is 2.13 bits per heavy atom. The molecule has 0 radical (unpaired) electrons. The van der Waals surface area contributed by atoms with Gasteiger partial charge in [-0.25, -0.2) is 4.68 Å². The van der Waals surface area contributed by atoms with Crippen molar-refractivity contribution < 1.29 is 4.74 Å². The van der Waals surface area contributed by atoms with E-state index in [9.17, 15) is 4.79 Å². The molecule has 0 bridgehead atoms. The van der Waals surface area contributed by atoms with Gasteiger partial charge in [-0.2, -0.15) is 5.10 Å². The van der Waals surface area contributed by atoms with Gasteiger partial charge < -0.3 is 9.64 Å². The third-order valence-corrected chi connectivity index (χ3v) is 4.49. The summed E-state index contributed by atoms with van der Waals surface area (Å²) >= 11 is 6.20. The van der Waals surface area contributed by atoms with Gasteiger partial charge in [-0.1, -0.05) is 41.9 Å². The molecule has 1 fully saturated rings. The Morgan fingerprint density at radius 1 is 1.35 bits per heavy atom. The summed E-state index contributed by atoms with van der Waals surface area (Å²) in [5, 5.41) is 4.30. The van der Waals surface area contributed by atoms with Crippen molar-refractivity contribution in [1.29, 1.82) is 0 Å². The molecular formula is C17H20ClN3O2. The first-order chi connectivity index (χ1) is 11.1. The van der Waals surface area contributed by atoms with Crippen LogP contribution in [0.5, 0.6) is 0 Å². The van der Waals surface area contributed by atoms with Crippen molar-refractivity contribution in [2.75, 3.05) is 24.6 Å². The first-order valence-corrected chi connectivity index (χ1v) is 8.15. The summed E-state index contributed by atoms with van der Waals surface area (Å²) < 4.78 is 7.11. The summed E-state index contributed by atoms with van der Waals surface area (Å²) in [6.07, 6.45) is 3.70. The van der Waals surface area contributed by atoms with Crippen LogP contribution in [0.4, 0.5) is 5.69 Å². The Kier molecular flexibility index (Phi) is 4.98. The van der Waals surface area contributed by atoms with Crippen molar-refractivity contribution in [2.24, 2.45) is 7.05 Å². The number of benzene rings is 1. The molecule has 122 valence electrons. The van der Waals surface area contributed by atoms with Crippen LogP contribution in [-0.2, 0) is 18.2 Å². The largest absolute Gasteiger partial charge is 0.375 e. The maximum Gasteiger partial charge on any atom is 0.287 e. The number of ether oxygens (including phenoxy) is 1. The van der Waals surface area contributed by atoms with Crippen molar-refractivity contribution in [3.63, 3.8) is 0 Å². The van der Waals surface area contributed by atoms with E-state index in [0.29, 0.717) is 12.3 Å². The molecule has 1 atom stereocenters. The number of hydrogen-bond donors (Lipinski definition) is 0. The second kappa shape index (κ2) is 7.15. The van der Waals surface area contributed by atoms with Crippen LogP contribution in [0.3, 0.4) is 0 Å². The summed E-state index contributed by atoms with van der Waals surface area (Å²) in [6.45, 7) is 2.07. The predicted octanol–water partition coefficient (Wildman–Crippen LogP) is 2.27. The van der Waals surface area contributed by atoms with Gasteiger partial charge >= 0.3 is 0 Å². The molecule has 1 aromatic heterocycles. The Morgan fingerprint density at radius 3 is 2.91 bits per heavy atom. The highest BCUT2D eigenvalue weighted by Gasteiger charge is 2.23. The Labute approximate surface area is 140 Å². The second-order valence-electron chi connectivity index (χ2n) is 5.74. The zero-order valence-electron chi connectivity index (χ0n) is 13.1. The van der Waals surface area contributed by atoms with Gasteiger partial charge in [0.1, 0.15) is 5.02 Å². The zero-order chi connectivity index (χ0) is 16.2. The van der Waals surface area contributed by atoms with Crippen LogP contribution in [0.25, 0.3) is 0 Å². The number of nitrogens with zero attached hydrogens (tertiary/aromatic N) is 3. The van der Waals surface area contributed by atoms with E-state index in [2.05, 4.69) is 34.3 Å². The number of halogens is 1. The molecule has 5 nitrogen and oxygen atoms in total. The van der Waals surface area contributed by atoms with E-state index in [-0.39, 0.29) is 16.7 Å².